The predicted octanol–water partition coefficient (Wildman–Crippen LogP) is -2.24. The van der Waals surface area contributed by atoms with E-state index in [-0.39, 0.29) is 88.7 Å². The van der Waals surface area contributed by atoms with Crippen molar-refractivity contribution in [2.45, 2.75) is 25.7 Å². The third-order valence-corrected chi connectivity index (χ3v) is 4.82. The van der Waals surface area contributed by atoms with Crippen LogP contribution in [0.2, 0.25) is 10.0 Å². The molecule has 14 nitrogen and oxygen atoms in total. The van der Waals surface area contributed by atoms with Gasteiger partial charge >= 0.3 is 60.1 Å². The van der Waals surface area contributed by atoms with Crippen LogP contribution in [0.5, 0.6) is 0 Å². The summed E-state index contributed by atoms with van der Waals surface area (Å²) < 4.78 is 8.66. The maximum absolute atomic E-state index is 8.66. The number of benzene rings is 2. The zero-order chi connectivity index (χ0) is 29.3. The molecule has 232 valence electrons. The maximum Gasteiger partial charge on any atom is 2.00 e. The molecule has 2 aromatic carbocycles. The fraction of sp³-hybridized carbons (Fsp3) is 0.273. The van der Waals surface area contributed by atoms with Crippen molar-refractivity contribution in [3.63, 3.8) is 0 Å². The van der Waals surface area contributed by atoms with Gasteiger partial charge in [-0.25, -0.2) is 0 Å². The summed E-state index contributed by atoms with van der Waals surface area (Å²) in [6, 6.07) is 14.1. The average molecular weight is 768 g/mol. The summed E-state index contributed by atoms with van der Waals surface area (Å²) in [4.78, 5) is 40.8. The summed E-state index contributed by atoms with van der Waals surface area (Å²) in [5.41, 5.74) is 24.8. The van der Waals surface area contributed by atoms with Gasteiger partial charge < -0.3 is 57.5 Å². The Morgan fingerprint density at radius 2 is 1.02 bits per heavy atom. The van der Waals surface area contributed by atoms with Crippen molar-refractivity contribution in [3.8, 4) is 0 Å². The Morgan fingerprint density at radius 3 is 1.31 bits per heavy atom. The Morgan fingerprint density at radius 1 is 0.738 bits per heavy atom. The van der Waals surface area contributed by atoms with Crippen molar-refractivity contribution >= 4 is 104 Å². The van der Waals surface area contributed by atoms with Crippen LogP contribution in [0.15, 0.2) is 68.5 Å². The van der Waals surface area contributed by atoms with Crippen LogP contribution in [-0.4, -0.2) is 79.6 Å². The second-order valence-corrected chi connectivity index (χ2v) is 9.43. The van der Waals surface area contributed by atoms with Gasteiger partial charge in [0.25, 0.3) is 0 Å². The van der Waals surface area contributed by atoms with Gasteiger partial charge in [-0.05, 0) is 61.4 Å². The molecule has 0 aliphatic heterocycles. The molecule has 0 atom stereocenters. The van der Waals surface area contributed by atoms with Gasteiger partial charge in [0.2, 0.25) is 23.8 Å². The van der Waals surface area contributed by atoms with E-state index in [2.05, 4.69) is 30.6 Å². The first-order chi connectivity index (χ1) is 18.3. The Bertz CT molecular complexity index is 1110. The molecule has 0 unspecified atom stereocenters. The molecule has 0 spiro atoms. The summed E-state index contributed by atoms with van der Waals surface area (Å²) in [7, 11) is -5.14. The van der Waals surface area contributed by atoms with E-state index >= 15 is 0 Å². The van der Waals surface area contributed by atoms with Crippen LogP contribution in [0.25, 0.3) is 0 Å². The molecule has 42 heavy (non-hydrogen) atoms. The number of hydrogen-bond donors (Lipinski definition) is 7. The number of nitrogens with one attached hydrogen (secondary N) is 2. The van der Waals surface area contributed by atoms with Gasteiger partial charge in [-0.15, -0.1) is 0 Å². The molecule has 0 aliphatic rings. The van der Waals surface area contributed by atoms with Gasteiger partial charge in [0.05, 0.1) is 7.82 Å². The molecule has 0 aromatic heterocycles. The third-order valence-electron chi connectivity index (χ3n) is 4.32. The van der Waals surface area contributed by atoms with E-state index in [1.807, 2.05) is 0 Å². The van der Waals surface area contributed by atoms with Crippen LogP contribution in [0.4, 0.5) is 11.4 Å². The Kier molecular flexibility index (Phi) is 26.7. The Balaban J connectivity index is -0.00000175. The maximum atomic E-state index is 8.66. The molecule has 0 saturated carbocycles. The fourth-order valence-corrected chi connectivity index (χ4v) is 2.95. The SMILES string of the molecule is NC(=NCCCCCCN=C(N)/N=C(\N)Nc1ccc(Cl)cc1)/N=C(\N)Nc1ccc(Cl)cc1.O=P([O-])([O-])O.[Ag+].[Ca+2].[F-]. The molecule has 11 N–H and O–H groups in total. The molecule has 20 heteroatoms. The van der Waals surface area contributed by atoms with Gasteiger partial charge in [-0.2, -0.15) is 9.98 Å². The first-order valence-electron chi connectivity index (χ1n) is 11.4. The van der Waals surface area contributed by atoms with Gasteiger partial charge in [-0.1, -0.05) is 36.0 Å². The number of guanidine groups is 4. The van der Waals surface area contributed by atoms with Crippen LogP contribution in [0.1, 0.15) is 25.7 Å². The second kappa shape index (κ2) is 24.9. The number of hydrogen-bond acceptors (Lipinski definition) is 5. The van der Waals surface area contributed by atoms with Crippen molar-refractivity contribution in [1.29, 1.82) is 0 Å². The number of anilines is 2. The molecule has 0 bridgehead atoms. The van der Waals surface area contributed by atoms with Crippen molar-refractivity contribution in [2.75, 3.05) is 23.7 Å². The molecule has 2 aromatic rings. The van der Waals surface area contributed by atoms with Crippen molar-refractivity contribution in [3.05, 3.63) is 58.6 Å². The van der Waals surface area contributed by atoms with E-state index in [0.717, 1.165) is 37.1 Å². The van der Waals surface area contributed by atoms with Crippen LogP contribution in [0.3, 0.4) is 0 Å². The molecule has 0 heterocycles. The van der Waals surface area contributed by atoms with Crippen molar-refractivity contribution < 1.29 is 46.3 Å². The zero-order valence-corrected chi connectivity index (χ0v) is 28.3. The van der Waals surface area contributed by atoms with Crippen molar-refractivity contribution in [1.82, 2.24) is 0 Å². The van der Waals surface area contributed by atoms with Gasteiger partial charge in [-0.3, -0.25) is 9.98 Å². The number of phosphoric acid groups is 1. The number of nitrogens with two attached hydrogens (primary N) is 4. The van der Waals surface area contributed by atoms with E-state index in [1.54, 1.807) is 48.5 Å². The van der Waals surface area contributed by atoms with Crippen LogP contribution >= 0.6 is 31.0 Å². The van der Waals surface area contributed by atoms with Crippen LogP contribution < -0.4 is 48.1 Å². The minimum Gasteiger partial charge on any atom is -1.00 e. The molecule has 0 saturated heterocycles. The van der Waals surface area contributed by atoms with E-state index < -0.39 is 7.82 Å². The largest absolute Gasteiger partial charge is 2.00 e. The second-order valence-electron chi connectivity index (χ2n) is 7.62. The third kappa shape index (κ3) is 26.2. The number of rotatable bonds is 9. The smallest absolute Gasteiger partial charge is 1.00 e. The molecular formula is C22H31AgCaCl2FN10O4P. The first kappa shape index (κ1) is 45.0. The van der Waals surface area contributed by atoms with E-state index in [9.17, 15) is 0 Å². The molecule has 0 fully saturated rings. The minimum atomic E-state index is -5.14. The predicted molar refractivity (Wildman–Crippen MR) is 160 cm³/mol. The van der Waals surface area contributed by atoms with Crippen LogP contribution in [-0.2, 0) is 26.9 Å². The Hall–Kier alpha value is -1.46. The van der Waals surface area contributed by atoms with E-state index in [0.29, 0.717) is 23.1 Å². The molecule has 2 rings (SSSR count). The normalized spacial score (nSPS) is 12.0. The number of halogens is 3. The quantitative estimate of drug-likeness (QED) is 0.0475. The summed E-state index contributed by atoms with van der Waals surface area (Å²) >= 11 is 11.7. The minimum absolute atomic E-state index is 0. The van der Waals surface area contributed by atoms with E-state index in [4.69, 9.17) is 65.4 Å². The zero-order valence-electron chi connectivity index (χ0n) is 22.2. The molecule has 0 amide bonds. The fourth-order valence-electron chi connectivity index (χ4n) is 2.70. The van der Waals surface area contributed by atoms with Crippen LogP contribution in [0, 0.1) is 0 Å². The number of nitrogens with zero attached hydrogens (tertiary/aromatic N) is 4. The summed E-state index contributed by atoms with van der Waals surface area (Å²) in [6.07, 6.45) is 3.68. The Labute approximate surface area is 298 Å². The standard InChI is InChI=1S/C22H30Cl2N10.Ag.Ca.FH.H3O4P/c23-15-5-9-17(10-6-15)31-21(27)33-19(25)29-13-3-1-2-4-14-30-20(26)34-22(28)32-18-11-7-16(24)8-12-18;;;;1-5(2,3)4/h5-12H,1-4,13-14H2,(H5,25,27,29,31,33)(H5,26,28,30,32,34);;;1H;(H3,1,2,3,4)/q;+1;+2;;/p-3. The topological polar surface area (TPSA) is 261 Å². The average Bonchev–Trinajstić information content (AvgIpc) is 2.82. The number of unbranched alkanes of at least 4 members (excludes halogenated alkanes) is 3. The van der Waals surface area contributed by atoms with Crippen molar-refractivity contribution in [2.24, 2.45) is 42.9 Å². The first-order valence-corrected chi connectivity index (χ1v) is 13.6. The summed E-state index contributed by atoms with van der Waals surface area (Å²) in [6.45, 7) is 1.12. The summed E-state index contributed by atoms with van der Waals surface area (Å²) in [5.74, 6) is 0.564. The molecule has 0 radical (unpaired) electrons. The summed E-state index contributed by atoms with van der Waals surface area (Å²) in [5, 5.41) is 7.11. The van der Waals surface area contributed by atoms with Gasteiger partial charge in [0.1, 0.15) is 0 Å². The van der Waals surface area contributed by atoms with E-state index in [1.165, 1.54) is 0 Å². The number of aliphatic imine (C=N–C) groups is 4. The van der Waals surface area contributed by atoms with Gasteiger partial charge in [0, 0.05) is 34.5 Å². The van der Waals surface area contributed by atoms with Gasteiger partial charge in [0.15, 0.2) is 0 Å². The monoisotopic (exact) mass is 766 g/mol. The molecular weight excluding hydrogens is 737 g/mol. The molecule has 0 aliphatic carbocycles.